The third kappa shape index (κ3) is 2.00. The fraction of sp³-hybridized carbons (Fsp3) is 0.182. The van der Waals surface area contributed by atoms with Crippen LogP contribution in [0.3, 0.4) is 0 Å². The number of hydrogen-bond acceptors (Lipinski definition) is 1. The molecule has 1 nitrogen and oxygen atoms in total. The van der Waals surface area contributed by atoms with Crippen LogP contribution in [0.25, 0.3) is 10.9 Å². The van der Waals surface area contributed by atoms with E-state index in [1.807, 2.05) is 28.7 Å². The number of pyridine rings is 1. The van der Waals surface area contributed by atoms with Gasteiger partial charge in [0.15, 0.2) is 0 Å². The fourth-order valence-electron chi connectivity index (χ4n) is 1.50. The lowest BCUT2D eigenvalue weighted by Gasteiger charge is -2.09. The molecule has 1 aromatic carbocycles. The van der Waals surface area contributed by atoms with Gasteiger partial charge >= 0.3 is 6.18 Å². The van der Waals surface area contributed by atoms with Crippen molar-refractivity contribution in [1.82, 2.24) is 4.98 Å². The molecule has 0 saturated heterocycles. The van der Waals surface area contributed by atoms with E-state index in [4.69, 9.17) is 0 Å². The molecule has 5 heteroatoms. The standard InChI is InChI=1S/C11H7F3IN/c1-6-3-2-4-7-8(15)5-9(11(12,13)14)16-10(6)7/h2-5H,1H3. The molecule has 84 valence electrons. The predicted octanol–water partition coefficient (Wildman–Crippen LogP) is 4.17. The Bertz CT molecular complexity index is 549. The van der Waals surface area contributed by atoms with Gasteiger partial charge in [0.1, 0.15) is 5.69 Å². The molecule has 2 aromatic rings. The van der Waals surface area contributed by atoms with Crippen LogP contribution in [0.5, 0.6) is 0 Å². The molecule has 1 aromatic heterocycles. The first kappa shape index (κ1) is 11.6. The van der Waals surface area contributed by atoms with E-state index in [2.05, 4.69) is 4.98 Å². The number of halogens is 4. The van der Waals surface area contributed by atoms with Gasteiger partial charge in [-0.2, -0.15) is 13.2 Å². The molecular formula is C11H7F3IN. The van der Waals surface area contributed by atoms with Crippen molar-refractivity contribution in [2.75, 3.05) is 0 Å². The molecule has 0 spiro atoms. The summed E-state index contributed by atoms with van der Waals surface area (Å²) < 4.78 is 38.3. The number of aryl methyl sites for hydroxylation is 1. The summed E-state index contributed by atoms with van der Waals surface area (Å²) in [5.41, 5.74) is 0.335. The Balaban J connectivity index is 2.81. The second kappa shape index (κ2) is 3.87. The fourth-order valence-corrected chi connectivity index (χ4v) is 2.23. The third-order valence-electron chi connectivity index (χ3n) is 2.28. The summed E-state index contributed by atoms with van der Waals surface area (Å²) in [6.45, 7) is 1.76. The molecule has 2 rings (SSSR count). The van der Waals surface area contributed by atoms with E-state index in [-0.39, 0.29) is 0 Å². The first-order valence-electron chi connectivity index (χ1n) is 4.52. The molecule has 0 aliphatic heterocycles. The van der Waals surface area contributed by atoms with Crippen molar-refractivity contribution in [3.8, 4) is 0 Å². The van der Waals surface area contributed by atoms with Gasteiger partial charge in [-0.1, -0.05) is 18.2 Å². The van der Waals surface area contributed by atoms with E-state index in [1.165, 1.54) is 0 Å². The van der Waals surface area contributed by atoms with Gasteiger partial charge in [-0.05, 0) is 41.1 Å². The van der Waals surface area contributed by atoms with E-state index in [1.54, 1.807) is 19.1 Å². The predicted molar refractivity (Wildman–Crippen MR) is 64.2 cm³/mol. The quantitative estimate of drug-likeness (QED) is 0.658. The van der Waals surface area contributed by atoms with Gasteiger partial charge in [0.2, 0.25) is 0 Å². The maximum absolute atomic E-state index is 12.6. The van der Waals surface area contributed by atoms with Crippen molar-refractivity contribution < 1.29 is 13.2 Å². The van der Waals surface area contributed by atoms with Gasteiger partial charge in [0, 0.05) is 8.96 Å². The zero-order valence-electron chi connectivity index (χ0n) is 8.27. The molecule has 16 heavy (non-hydrogen) atoms. The van der Waals surface area contributed by atoms with Crippen molar-refractivity contribution in [3.05, 3.63) is 39.1 Å². The number of hydrogen-bond donors (Lipinski definition) is 0. The Morgan fingerprint density at radius 3 is 2.56 bits per heavy atom. The lowest BCUT2D eigenvalue weighted by molar-refractivity contribution is -0.141. The van der Waals surface area contributed by atoms with Crippen LogP contribution >= 0.6 is 22.6 Å². The van der Waals surface area contributed by atoms with Gasteiger partial charge in [0.05, 0.1) is 5.52 Å². The van der Waals surface area contributed by atoms with E-state index >= 15 is 0 Å². The molecule has 0 radical (unpaired) electrons. The first-order chi connectivity index (χ1) is 7.39. The van der Waals surface area contributed by atoms with Crippen molar-refractivity contribution >= 4 is 33.5 Å². The molecular weight excluding hydrogens is 330 g/mol. The van der Waals surface area contributed by atoms with Gasteiger partial charge in [-0.15, -0.1) is 0 Å². The minimum absolute atomic E-state index is 0.418. The van der Waals surface area contributed by atoms with E-state index < -0.39 is 11.9 Å². The normalized spacial score (nSPS) is 12.1. The molecule has 1 heterocycles. The molecule has 0 N–H and O–H groups in total. The number of fused-ring (bicyclic) bond motifs is 1. The zero-order valence-corrected chi connectivity index (χ0v) is 10.4. The van der Waals surface area contributed by atoms with Gasteiger partial charge in [0.25, 0.3) is 0 Å². The summed E-state index contributed by atoms with van der Waals surface area (Å²) in [5.74, 6) is 0. The van der Waals surface area contributed by atoms with Crippen LogP contribution in [-0.4, -0.2) is 4.98 Å². The summed E-state index contributed by atoms with van der Waals surface area (Å²) in [7, 11) is 0. The van der Waals surface area contributed by atoms with Crippen LogP contribution in [0.15, 0.2) is 24.3 Å². The summed E-state index contributed by atoms with van der Waals surface area (Å²) in [6, 6.07) is 6.42. The van der Waals surface area contributed by atoms with Gasteiger partial charge in [-0.3, -0.25) is 0 Å². The average Bonchev–Trinajstić information content (AvgIpc) is 2.18. The summed E-state index contributed by atoms with van der Waals surface area (Å²) in [6.07, 6.45) is -4.39. The van der Waals surface area contributed by atoms with E-state index in [0.717, 1.165) is 17.0 Å². The molecule has 0 aliphatic carbocycles. The van der Waals surface area contributed by atoms with Gasteiger partial charge < -0.3 is 0 Å². The summed E-state index contributed by atoms with van der Waals surface area (Å²) in [4.78, 5) is 3.68. The topological polar surface area (TPSA) is 12.9 Å². The van der Waals surface area contributed by atoms with Crippen LogP contribution in [0.2, 0.25) is 0 Å². The highest BCUT2D eigenvalue weighted by Crippen LogP contribution is 2.32. The average molecular weight is 337 g/mol. The molecule has 0 amide bonds. The maximum atomic E-state index is 12.6. The number of nitrogens with zero attached hydrogens (tertiary/aromatic N) is 1. The van der Waals surface area contributed by atoms with Crippen LogP contribution in [-0.2, 0) is 6.18 Å². The Morgan fingerprint density at radius 1 is 1.25 bits per heavy atom. The maximum Gasteiger partial charge on any atom is 0.433 e. The minimum atomic E-state index is -4.39. The monoisotopic (exact) mass is 337 g/mol. The molecule has 0 unspecified atom stereocenters. The third-order valence-corrected chi connectivity index (χ3v) is 3.17. The van der Waals surface area contributed by atoms with Crippen molar-refractivity contribution in [2.24, 2.45) is 0 Å². The lowest BCUT2D eigenvalue weighted by Crippen LogP contribution is -2.08. The molecule has 0 bridgehead atoms. The first-order valence-corrected chi connectivity index (χ1v) is 5.60. The highest BCUT2D eigenvalue weighted by molar-refractivity contribution is 14.1. The zero-order chi connectivity index (χ0) is 11.9. The Morgan fingerprint density at radius 2 is 1.94 bits per heavy atom. The van der Waals surface area contributed by atoms with Crippen molar-refractivity contribution in [3.63, 3.8) is 0 Å². The lowest BCUT2D eigenvalue weighted by atomic mass is 10.1. The summed E-state index contributed by atoms with van der Waals surface area (Å²) in [5, 5.41) is 0.758. The Hall–Kier alpha value is -0.850. The second-order valence-electron chi connectivity index (χ2n) is 3.46. The van der Waals surface area contributed by atoms with Crippen LogP contribution in [0.4, 0.5) is 13.2 Å². The molecule has 0 atom stereocenters. The molecule has 0 aliphatic rings. The highest BCUT2D eigenvalue weighted by atomic mass is 127. The van der Waals surface area contributed by atoms with Crippen molar-refractivity contribution in [2.45, 2.75) is 13.1 Å². The largest absolute Gasteiger partial charge is 0.433 e. The van der Waals surface area contributed by atoms with E-state index in [0.29, 0.717) is 9.09 Å². The van der Waals surface area contributed by atoms with Gasteiger partial charge in [-0.25, -0.2) is 4.98 Å². The number of benzene rings is 1. The Kier molecular flexibility index (Phi) is 2.81. The Labute approximate surface area is 104 Å². The van der Waals surface area contributed by atoms with Crippen molar-refractivity contribution in [1.29, 1.82) is 0 Å². The number of rotatable bonds is 0. The summed E-state index contributed by atoms with van der Waals surface area (Å²) >= 11 is 1.90. The second-order valence-corrected chi connectivity index (χ2v) is 4.62. The minimum Gasteiger partial charge on any atom is -0.243 e. The SMILES string of the molecule is Cc1cccc2c(I)cc(C(F)(F)F)nc12. The smallest absolute Gasteiger partial charge is 0.243 e. The van der Waals surface area contributed by atoms with Crippen LogP contribution in [0.1, 0.15) is 11.3 Å². The molecule has 0 saturated carbocycles. The van der Waals surface area contributed by atoms with Crippen LogP contribution in [0, 0.1) is 10.5 Å². The number of alkyl halides is 3. The highest BCUT2D eigenvalue weighted by Gasteiger charge is 2.33. The number of para-hydroxylation sites is 1. The van der Waals surface area contributed by atoms with Crippen LogP contribution < -0.4 is 0 Å². The molecule has 0 fully saturated rings. The number of aromatic nitrogens is 1. The van der Waals surface area contributed by atoms with E-state index in [9.17, 15) is 13.2 Å².